The smallest absolute Gasteiger partial charge is 0.219 e. The number of carbonyl (C=O) groups is 1. The van der Waals surface area contributed by atoms with Crippen LogP contribution in [-0.4, -0.2) is 60.4 Å². The number of rotatable bonds is 22. The van der Waals surface area contributed by atoms with Crippen molar-refractivity contribution < 1.29 is 15.0 Å². The summed E-state index contributed by atoms with van der Waals surface area (Å²) < 4.78 is 0. The Hall–Kier alpha value is -0.650. The van der Waals surface area contributed by atoms with Crippen molar-refractivity contribution in [1.82, 2.24) is 10.2 Å². The first-order chi connectivity index (χ1) is 13.7. The second-order valence-electron chi connectivity index (χ2n) is 7.99. The highest BCUT2D eigenvalue weighted by molar-refractivity contribution is 5.75. The minimum atomic E-state index is 0.103. The molecular formula is C23H48N2O3. The molecule has 0 unspecified atom stereocenters. The number of carbonyl (C=O) groups excluding carboxylic acids is 1. The van der Waals surface area contributed by atoms with E-state index in [0.29, 0.717) is 26.1 Å². The molecule has 0 spiro atoms. The molecule has 0 aliphatic carbocycles. The van der Waals surface area contributed by atoms with Gasteiger partial charge in [-0.1, -0.05) is 84.0 Å². The summed E-state index contributed by atoms with van der Waals surface area (Å²) in [5.41, 5.74) is 0. The van der Waals surface area contributed by atoms with Gasteiger partial charge in [-0.05, 0) is 19.4 Å². The van der Waals surface area contributed by atoms with Crippen LogP contribution in [-0.2, 0) is 4.79 Å². The first kappa shape index (κ1) is 27.4. The van der Waals surface area contributed by atoms with Crippen molar-refractivity contribution in [3.8, 4) is 0 Å². The van der Waals surface area contributed by atoms with E-state index < -0.39 is 0 Å². The average Bonchev–Trinajstić information content (AvgIpc) is 2.69. The standard InChI is InChI=1S/C23H48N2O3/c1-2-3-4-5-6-7-8-9-10-11-12-13-14-16-23(28)24-17-15-18-25(19-21-26)20-22-27/h26-27H,2-22H2,1H3,(H,24,28). The molecule has 5 heteroatoms. The second kappa shape index (κ2) is 22.6. The van der Waals surface area contributed by atoms with Gasteiger partial charge in [0, 0.05) is 26.1 Å². The number of unbranched alkanes of at least 4 members (excludes halogenated alkanes) is 12. The zero-order valence-corrected chi connectivity index (χ0v) is 18.6. The van der Waals surface area contributed by atoms with Gasteiger partial charge in [0.1, 0.15) is 0 Å². The maximum absolute atomic E-state index is 11.8. The molecule has 0 atom stereocenters. The van der Waals surface area contributed by atoms with Crippen LogP contribution >= 0.6 is 0 Å². The topological polar surface area (TPSA) is 72.8 Å². The predicted molar refractivity (Wildman–Crippen MR) is 119 cm³/mol. The van der Waals surface area contributed by atoms with Gasteiger partial charge in [0.2, 0.25) is 5.91 Å². The summed E-state index contributed by atoms with van der Waals surface area (Å²) in [6.07, 6.45) is 18.7. The van der Waals surface area contributed by atoms with Crippen LogP contribution in [0.4, 0.5) is 0 Å². The zero-order chi connectivity index (χ0) is 20.7. The van der Waals surface area contributed by atoms with E-state index in [1.807, 2.05) is 4.90 Å². The number of aliphatic hydroxyl groups is 2. The van der Waals surface area contributed by atoms with Crippen LogP contribution in [0, 0.1) is 0 Å². The SMILES string of the molecule is CCCCCCCCCCCCCCCC(=O)NCCCN(CCO)CCO. The molecule has 0 fully saturated rings. The van der Waals surface area contributed by atoms with Gasteiger partial charge in [-0.25, -0.2) is 0 Å². The average molecular weight is 401 g/mol. The quantitative estimate of drug-likeness (QED) is 0.237. The minimum absolute atomic E-state index is 0.103. The fraction of sp³-hybridized carbons (Fsp3) is 0.957. The Morgan fingerprint density at radius 2 is 1.14 bits per heavy atom. The Kier molecular flexibility index (Phi) is 22.1. The highest BCUT2D eigenvalue weighted by Gasteiger charge is 2.04. The second-order valence-corrected chi connectivity index (χ2v) is 7.99. The lowest BCUT2D eigenvalue weighted by Gasteiger charge is -2.19. The molecule has 0 radical (unpaired) electrons. The number of hydrogen-bond acceptors (Lipinski definition) is 4. The van der Waals surface area contributed by atoms with Gasteiger partial charge in [0.15, 0.2) is 0 Å². The third-order valence-electron chi connectivity index (χ3n) is 5.31. The third kappa shape index (κ3) is 20.1. The molecule has 0 saturated carbocycles. The summed E-state index contributed by atoms with van der Waals surface area (Å²) in [5, 5.41) is 20.9. The molecule has 28 heavy (non-hydrogen) atoms. The van der Waals surface area contributed by atoms with Gasteiger partial charge in [-0.3, -0.25) is 9.69 Å². The zero-order valence-electron chi connectivity index (χ0n) is 18.6. The van der Waals surface area contributed by atoms with E-state index >= 15 is 0 Å². The van der Waals surface area contributed by atoms with E-state index in [1.54, 1.807) is 0 Å². The van der Waals surface area contributed by atoms with E-state index in [1.165, 1.54) is 70.6 Å². The molecule has 0 aromatic heterocycles. The van der Waals surface area contributed by atoms with Crippen LogP contribution < -0.4 is 5.32 Å². The summed E-state index contributed by atoms with van der Waals surface area (Å²) in [6.45, 7) is 5.09. The van der Waals surface area contributed by atoms with Gasteiger partial charge >= 0.3 is 0 Å². The first-order valence-corrected chi connectivity index (χ1v) is 11.9. The van der Waals surface area contributed by atoms with Gasteiger partial charge in [0.05, 0.1) is 13.2 Å². The summed E-state index contributed by atoms with van der Waals surface area (Å²) in [5.74, 6) is 0.152. The Morgan fingerprint density at radius 3 is 1.61 bits per heavy atom. The number of nitrogens with one attached hydrogen (secondary N) is 1. The summed E-state index contributed by atoms with van der Waals surface area (Å²) in [4.78, 5) is 13.8. The van der Waals surface area contributed by atoms with Crippen LogP contribution in [0.15, 0.2) is 0 Å². The van der Waals surface area contributed by atoms with Crippen molar-refractivity contribution in [1.29, 1.82) is 0 Å². The summed E-state index contributed by atoms with van der Waals surface area (Å²) in [7, 11) is 0. The van der Waals surface area contributed by atoms with E-state index in [9.17, 15) is 4.79 Å². The lowest BCUT2D eigenvalue weighted by molar-refractivity contribution is -0.121. The van der Waals surface area contributed by atoms with Crippen molar-refractivity contribution in [3.63, 3.8) is 0 Å². The van der Waals surface area contributed by atoms with Crippen LogP contribution in [0.2, 0.25) is 0 Å². The molecular weight excluding hydrogens is 352 g/mol. The third-order valence-corrected chi connectivity index (χ3v) is 5.31. The summed E-state index contributed by atoms with van der Waals surface area (Å²) >= 11 is 0. The largest absolute Gasteiger partial charge is 0.395 e. The normalized spacial score (nSPS) is 11.3. The number of hydrogen-bond donors (Lipinski definition) is 3. The maximum Gasteiger partial charge on any atom is 0.219 e. The van der Waals surface area contributed by atoms with E-state index in [0.717, 1.165) is 25.8 Å². The number of nitrogens with zero attached hydrogens (tertiary/aromatic N) is 1. The molecule has 0 aliphatic rings. The van der Waals surface area contributed by atoms with Crippen LogP contribution in [0.25, 0.3) is 0 Å². The Labute approximate surface area is 174 Å². The molecule has 0 aromatic rings. The van der Waals surface area contributed by atoms with E-state index in [4.69, 9.17) is 10.2 Å². The van der Waals surface area contributed by atoms with Crippen molar-refractivity contribution in [2.45, 2.75) is 103 Å². The lowest BCUT2D eigenvalue weighted by atomic mass is 10.0. The molecule has 1 amide bonds. The molecule has 0 saturated heterocycles. The van der Waals surface area contributed by atoms with Crippen molar-refractivity contribution in [3.05, 3.63) is 0 Å². The molecule has 0 aromatic carbocycles. The highest BCUT2D eigenvalue weighted by atomic mass is 16.3. The van der Waals surface area contributed by atoms with Crippen molar-refractivity contribution in [2.24, 2.45) is 0 Å². The van der Waals surface area contributed by atoms with Crippen LogP contribution in [0.5, 0.6) is 0 Å². The van der Waals surface area contributed by atoms with E-state index in [2.05, 4.69) is 12.2 Å². The van der Waals surface area contributed by atoms with Gasteiger partial charge in [-0.2, -0.15) is 0 Å². The number of aliphatic hydroxyl groups excluding tert-OH is 2. The minimum Gasteiger partial charge on any atom is -0.395 e. The molecule has 0 rings (SSSR count). The summed E-state index contributed by atoms with van der Waals surface area (Å²) in [6, 6.07) is 0. The molecule has 0 heterocycles. The van der Waals surface area contributed by atoms with E-state index in [-0.39, 0.29) is 19.1 Å². The van der Waals surface area contributed by atoms with Gasteiger partial charge in [0.25, 0.3) is 0 Å². The lowest BCUT2D eigenvalue weighted by Crippen LogP contribution is -2.33. The number of amides is 1. The Morgan fingerprint density at radius 1 is 0.679 bits per heavy atom. The highest BCUT2D eigenvalue weighted by Crippen LogP contribution is 2.12. The predicted octanol–water partition coefficient (Wildman–Crippen LogP) is 4.26. The molecule has 3 N–H and O–H groups in total. The van der Waals surface area contributed by atoms with Gasteiger partial charge in [-0.15, -0.1) is 0 Å². The fourth-order valence-electron chi connectivity index (χ4n) is 3.54. The fourth-order valence-corrected chi connectivity index (χ4v) is 3.54. The molecule has 0 bridgehead atoms. The van der Waals surface area contributed by atoms with Crippen LogP contribution in [0.3, 0.4) is 0 Å². The van der Waals surface area contributed by atoms with Gasteiger partial charge < -0.3 is 15.5 Å². The maximum atomic E-state index is 11.8. The molecule has 0 aliphatic heterocycles. The van der Waals surface area contributed by atoms with Crippen LogP contribution in [0.1, 0.15) is 103 Å². The Bertz CT molecular complexity index is 321. The van der Waals surface area contributed by atoms with Crippen molar-refractivity contribution in [2.75, 3.05) is 39.4 Å². The first-order valence-electron chi connectivity index (χ1n) is 11.9. The monoisotopic (exact) mass is 400 g/mol. The molecule has 5 nitrogen and oxygen atoms in total. The Balaban J connectivity index is 3.30. The van der Waals surface area contributed by atoms with Crippen molar-refractivity contribution >= 4 is 5.91 Å². The molecule has 168 valence electrons.